The minimum atomic E-state index is 0.599. The Kier molecular flexibility index (Phi) is 8.12. The number of rotatable bonds is 7. The predicted octanol–water partition coefficient (Wildman–Crippen LogP) is 13.4. The number of benzene rings is 8. The summed E-state index contributed by atoms with van der Waals surface area (Å²) in [5.41, 5.74) is 13.2. The normalized spacial score (nSPS) is 11.3. The smallest absolute Gasteiger partial charge is 0.164 e. The topological polar surface area (TPSA) is 51.8 Å². The van der Waals surface area contributed by atoms with Crippen molar-refractivity contribution in [2.75, 3.05) is 0 Å². The van der Waals surface area contributed by atoms with E-state index >= 15 is 0 Å². The largest absolute Gasteiger partial charge is 0.456 e. The minimum absolute atomic E-state index is 0.599. The van der Waals surface area contributed by atoms with Crippen molar-refractivity contribution in [2.45, 2.75) is 0 Å². The molecule has 0 N–H and O–H groups in total. The van der Waals surface area contributed by atoms with Crippen LogP contribution in [0.3, 0.4) is 0 Å². The number of fused-ring (bicyclic) bond motifs is 3. The van der Waals surface area contributed by atoms with Gasteiger partial charge in [0, 0.05) is 27.5 Å². The van der Waals surface area contributed by atoms with E-state index in [1.54, 1.807) is 0 Å². The van der Waals surface area contributed by atoms with E-state index in [-0.39, 0.29) is 0 Å². The summed E-state index contributed by atoms with van der Waals surface area (Å²) < 4.78 is 6.19. The Hall–Kier alpha value is -7.43. The molecule has 0 unspecified atom stereocenters. The summed E-state index contributed by atoms with van der Waals surface area (Å²) >= 11 is 0. The fourth-order valence-electron chi connectivity index (χ4n) is 7.40. The summed E-state index contributed by atoms with van der Waals surface area (Å²) in [6.07, 6.45) is 0. The zero-order valence-corrected chi connectivity index (χ0v) is 29.8. The maximum atomic E-state index is 6.19. The number of aromatic nitrogens is 3. The lowest BCUT2D eigenvalue weighted by Gasteiger charge is -2.14. The summed E-state index contributed by atoms with van der Waals surface area (Å²) in [7, 11) is 0. The number of para-hydroxylation sites is 1. The molecule has 0 radical (unpaired) electrons. The van der Waals surface area contributed by atoms with Gasteiger partial charge >= 0.3 is 0 Å². The van der Waals surface area contributed by atoms with Crippen LogP contribution < -0.4 is 0 Å². The fourth-order valence-corrected chi connectivity index (χ4v) is 7.40. The van der Waals surface area contributed by atoms with E-state index in [1.165, 1.54) is 0 Å². The quantitative estimate of drug-likeness (QED) is 0.166. The maximum absolute atomic E-state index is 6.19. The van der Waals surface area contributed by atoms with E-state index in [1.807, 2.05) is 36.4 Å². The Morgan fingerprint density at radius 2 is 0.727 bits per heavy atom. The highest BCUT2D eigenvalue weighted by Crippen LogP contribution is 2.38. The molecule has 2 aromatic heterocycles. The van der Waals surface area contributed by atoms with Crippen LogP contribution in [0, 0.1) is 0 Å². The van der Waals surface area contributed by atoms with E-state index < -0.39 is 0 Å². The van der Waals surface area contributed by atoms with E-state index in [4.69, 9.17) is 19.4 Å². The molecule has 0 bridgehead atoms. The van der Waals surface area contributed by atoms with Gasteiger partial charge in [-0.3, -0.25) is 0 Å². The molecule has 0 fully saturated rings. The van der Waals surface area contributed by atoms with Crippen LogP contribution in [0.1, 0.15) is 0 Å². The Balaban J connectivity index is 1.20. The van der Waals surface area contributed by atoms with E-state index in [9.17, 15) is 0 Å². The predicted molar refractivity (Wildman–Crippen MR) is 225 cm³/mol. The molecule has 0 atom stereocenters. The Morgan fingerprint density at radius 3 is 1.47 bits per heavy atom. The first-order valence-electron chi connectivity index (χ1n) is 18.4. The van der Waals surface area contributed by atoms with Crippen LogP contribution in [0.2, 0.25) is 0 Å². The van der Waals surface area contributed by atoms with Crippen molar-refractivity contribution < 1.29 is 4.42 Å². The molecule has 2 heterocycles. The first-order chi connectivity index (χ1) is 27.2. The second-order valence-electron chi connectivity index (χ2n) is 13.6. The molecule has 0 aliphatic carbocycles. The van der Waals surface area contributed by atoms with Gasteiger partial charge in [0.15, 0.2) is 17.5 Å². The first-order valence-corrected chi connectivity index (χ1v) is 18.4. The zero-order valence-electron chi connectivity index (χ0n) is 29.8. The van der Waals surface area contributed by atoms with Crippen molar-refractivity contribution in [1.82, 2.24) is 15.0 Å². The van der Waals surface area contributed by atoms with Gasteiger partial charge in [0.05, 0.1) is 0 Å². The van der Waals surface area contributed by atoms with Crippen molar-refractivity contribution in [3.05, 3.63) is 200 Å². The molecular formula is C51H33N3O. The fraction of sp³-hybridized carbons (Fsp3) is 0. The lowest BCUT2D eigenvalue weighted by molar-refractivity contribution is 0.669. The van der Waals surface area contributed by atoms with Gasteiger partial charge < -0.3 is 4.42 Å². The van der Waals surface area contributed by atoms with Gasteiger partial charge in [0.25, 0.3) is 0 Å². The maximum Gasteiger partial charge on any atom is 0.164 e. The molecule has 0 aliphatic rings. The van der Waals surface area contributed by atoms with Crippen molar-refractivity contribution in [1.29, 1.82) is 0 Å². The zero-order chi connectivity index (χ0) is 36.6. The third kappa shape index (κ3) is 6.26. The van der Waals surface area contributed by atoms with Crippen LogP contribution in [-0.4, -0.2) is 15.0 Å². The molecule has 10 aromatic rings. The standard InChI is InChI=1S/C51H33N3O/c1-4-15-34(16-5-1)37-21-14-22-39(29-37)49-52-50(54-51(53-49)45-25-11-10-23-43(45)36-19-8-3-9-20-36)42-31-40(35-17-6-2-7-18-35)30-41(32-42)38-27-28-48-46(33-38)44-24-12-13-26-47(44)55-48/h1-33H. The molecule has 0 spiro atoms. The molecule has 55 heavy (non-hydrogen) atoms. The summed E-state index contributed by atoms with van der Waals surface area (Å²) in [6.45, 7) is 0. The summed E-state index contributed by atoms with van der Waals surface area (Å²) in [5, 5.41) is 2.18. The van der Waals surface area contributed by atoms with E-state index in [0.717, 1.165) is 83.1 Å². The third-order valence-electron chi connectivity index (χ3n) is 10.1. The Bertz CT molecular complexity index is 2970. The number of hydrogen-bond acceptors (Lipinski definition) is 4. The van der Waals surface area contributed by atoms with Crippen LogP contribution in [0.25, 0.3) is 101 Å². The average molecular weight is 704 g/mol. The van der Waals surface area contributed by atoms with Crippen molar-refractivity contribution in [3.63, 3.8) is 0 Å². The first kappa shape index (κ1) is 32.2. The van der Waals surface area contributed by atoms with Gasteiger partial charge in [-0.2, -0.15) is 0 Å². The molecular weight excluding hydrogens is 671 g/mol. The molecule has 4 heteroatoms. The molecule has 10 rings (SSSR count). The van der Waals surface area contributed by atoms with Gasteiger partial charge in [0.2, 0.25) is 0 Å². The highest BCUT2D eigenvalue weighted by atomic mass is 16.3. The second kappa shape index (κ2) is 13.8. The van der Waals surface area contributed by atoms with Crippen LogP contribution in [-0.2, 0) is 0 Å². The van der Waals surface area contributed by atoms with Crippen LogP contribution >= 0.6 is 0 Å². The van der Waals surface area contributed by atoms with Crippen LogP contribution in [0.4, 0.5) is 0 Å². The molecule has 0 aliphatic heterocycles. The van der Waals surface area contributed by atoms with Crippen LogP contribution in [0.15, 0.2) is 205 Å². The minimum Gasteiger partial charge on any atom is -0.456 e. The highest BCUT2D eigenvalue weighted by molar-refractivity contribution is 6.06. The molecule has 0 saturated heterocycles. The SMILES string of the molecule is c1ccc(-c2cccc(-c3nc(-c4cc(-c5ccccc5)cc(-c5ccc6oc7ccccc7c6c5)c4)nc(-c4ccccc4-c4ccccc4)n3)c2)cc1. The van der Waals surface area contributed by atoms with E-state index in [0.29, 0.717) is 17.5 Å². The van der Waals surface area contributed by atoms with Gasteiger partial charge in [-0.1, -0.05) is 158 Å². The highest BCUT2D eigenvalue weighted by Gasteiger charge is 2.18. The number of furan rings is 1. The lowest BCUT2D eigenvalue weighted by Crippen LogP contribution is -2.01. The van der Waals surface area contributed by atoms with Crippen molar-refractivity contribution in [2.24, 2.45) is 0 Å². The van der Waals surface area contributed by atoms with E-state index in [2.05, 4.69) is 164 Å². The van der Waals surface area contributed by atoms with Gasteiger partial charge in [0.1, 0.15) is 11.2 Å². The average Bonchev–Trinajstić information content (AvgIpc) is 3.65. The number of nitrogens with zero attached hydrogens (tertiary/aromatic N) is 3. The van der Waals surface area contributed by atoms with Gasteiger partial charge in [-0.15, -0.1) is 0 Å². The molecule has 4 nitrogen and oxygen atoms in total. The Labute approximate surface area is 319 Å². The molecule has 0 saturated carbocycles. The lowest BCUT2D eigenvalue weighted by atomic mass is 9.95. The Morgan fingerprint density at radius 1 is 0.255 bits per heavy atom. The summed E-state index contributed by atoms with van der Waals surface area (Å²) in [4.78, 5) is 15.7. The van der Waals surface area contributed by atoms with Crippen molar-refractivity contribution >= 4 is 21.9 Å². The van der Waals surface area contributed by atoms with Crippen LogP contribution in [0.5, 0.6) is 0 Å². The van der Waals surface area contributed by atoms with Crippen molar-refractivity contribution in [3.8, 4) is 78.7 Å². The molecule has 258 valence electrons. The molecule has 0 amide bonds. The third-order valence-corrected chi connectivity index (χ3v) is 10.1. The summed E-state index contributed by atoms with van der Waals surface area (Å²) in [5.74, 6) is 1.82. The monoisotopic (exact) mass is 703 g/mol. The molecule has 8 aromatic carbocycles. The second-order valence-corrected chi connectivity index (χ2v) is 13.6. The van der Waals surface area contributed by atoms with Gasteiger partial charge in [-0.25, -0.2) is 15.0 Å². The summed E-state index contributed by atoms with van der Waals surface area (Å²) in [6, 6.07) is 69.3. The number of hydrogen-bond donors (Lipinski definition) is 0. The van der Waals surface area contributed by atoms with Gasteiger partial charge in [-0.05, 0) is 87.0 Å².